The van der Waals surface area contributed by atoms with Crippen LogP contribution in [0.3, 0.4) is 0 Å². The largest absolute Gasteiger partial charge is 0.293 e. The van der Waals surface area contributed by atoms with Gasteiger partial charge in [-0.05, 0) is 48.7 Å². The number of ketones is 1. The second-order valence-corrected chi connectivity index (χ2v) is 10.7. The number of carbonyl (C=O) groups is 3. The maximum atomic E-state index is 12.7. The minimum absolute atomic E-state index is 0.185. The molecule has 8 nitrogen and oxygen atoms in total. The van der Waals surface area contributed by atoms with Gasteiger partial charge in [-0.15, -0.1) is 16.4 Å². The van der Waals surface area contributed by atoms with Crippen molar-refractivity contribution in [1.82, 2.24) is 25.1 Å². The summed E-state index contributed by atoms with van der Waals surface area (Å²) in [5.41, 5.74) is 0.417. The van der Waals surface area contributed by atoms with E-state index in [0.29, 0.717) is 25.8 Å². The first-order chi connectivity index (χ1) is 14.8. The fourth-order valence-corrected chi connectivity index (χ4v) is 5.87. The summed E-state index contributed by atoms with van der Waals surface area (Å²) in [6.07, 6.45) is 1.52. The topological polar surface area (TPSA) is 109 Å². The van der Waals surface area contributed by atoms with Gasteiger partial charge in [-0.3, -0.25) is 24.4 Å². The van der Waals surface area contributed by atoms with Gasteiger partial charge in [-0.25, -0.2) is 9.97 Å². The first kappa shape index (κ1) is 22.2. The molecule has 31 heavy (non-hydrogen) atoms. The number of imide groups is 1. The predicted octanol–water partition coefficient (Wildman–Crippen LogP) is 5.06. The van der Waals surface area contributed by atoms with Crippen LogP contribution in [-0.4, -0.2) is 48.5 Å². The molecule has 0 saturated carbocycles. The Hall–Kier alpha value is -1.99. The zero-order chi connectivity index (χ0) is 22.1. The van der Waals surface area contributed by atoms with Crippen LogP contribution in [0, 0.1) is 6.92 Å². The molecule has 0 aliphatic carbocycles. The molecule has 0 bridgehead atoms. The third-order valence-corrected chi connectivity index (χ3v) is 7.71. The molecule has 3 heterocycles. The number of rotatable bonds is 6. The van der Waals surface area contributed by atoms with Crippen LogP contribution in [-0.2, 0) is 4.79 Å². The van der Waals surface area contributed by atoms with E-state index in [1.165, 1.54) is 29.2 Å². The Kier molecular flexibility index (Phi) is 6.63. The maximum Gasteiger partial charge on any atom is 0.293 e. The zero-order valence-corrected chi connectivity index (χ0v) is 20.4. The fourth-order valence-electron chi connectivity index (χ4n) is 2.50. The van der Waals surface area contributed by atoms with Crippen LogP contribution in [0.15, 0.2) is 43.1 Å². The summed E-state index contributed by atoms with van der Waals surface area (Å²) in [4.78, 5) is 47.6. The molecular formula is C18H11BrClN5O3S3. The Bertz CT molecular complexity index is 1220. The monoisotopic (exact) mass is 555 g/mol. The quantitative estimate of drug-likeness (QED) is 0.332. The minimum Gasteiger partial charge on any atom is -0.292 e. The third-order valence-electron chi connectivity index (χ3n) is 3.95. The van der Waals surface area contributed by atoms with Crippen LogP contribution in [0.1, 0.15) is 21.1 Å². The minimum atomic E-state index is -0.538. The highest BCUT2D eigenvalue weighted by molar-refractivity contribution is 9.10. The van der Waals surface area contributed by atoms with Crippen molar-refractivity contribution < 1.29 is 14.4 Å². The summed E-state index contributed by atoms with van der Waals surface area (Å²) in [7, 11) is 0. The normalized spacial score (nSPS) is 15.3. The Labute approximate surface area is 202 Å². The molecule has 0 radical (unpaired) electrons. The van der Waals surface area contributed by atoms with Gasteiger partial charge in [0.15, 0.2) is 10.1 Å². The smallest absolute Gasteiger partial charge is 0.292 e. The molecule has 158 valence electrons. The molecular weight excluding hydrogens is 546 g/mol. The molecule has 0 spiro atoms. The molecule has 0 unspecified atom stereocenters. The van der Waals surface area contributed by atoms with Crippen molar-refractivity contribution >= 4 is 85.4 Å². The molecule has 1 aliphatic rings. The molecule has 13 heteroatoms. The molecule has 4 rings (SSSR count). The molecule has 0 atom stereocenters. The number of nitrogens with one attached hydrogen (secondary N) is 1. The van der Waals surface area contributed by atoms with Crippen LogP contribution in [0.25, 0.3) is 6.08 Å². The lowest BCUT2D eigenvalue weighted by atomic mass is 10.1. The number of benzene rings is 1. The van der Waals surface area contributed by atoms with E-state index in [-0.39, 0.29) is 22.4 Å². The lowest BCUT2D eigenvalue weighted by molar-refractivity contribution is -0.122. The van der Waals surface area contributed by atoms with E-state index < -0.39 is 11.1 Å². The lowest BCUT2D eigenvalue weighted by Crippen LogP contribution is -2.33. The number of thioether (sulfide) groups is 1. The van der Waals surface area contributed by atoms with E-state index >= 15 is 0 Å². The Morgan fingerprint density at radius 3 is 2.71 bits per heavy atom. The van der Waals surface area contributed by atoms with Crippen molar-refractivity contribution in [3.63, 3.8) is 0 Å². The van der Waals surface area contributed by atoms with Crippen molar-refractivity contribution in [2.24, 2.45) is 0 Å². The van der Waals surface area contributed by atoms with E-state index in [4.69, 9.17) is 11.6 Å². The molecule has 1 fully saturated rings. The second-order valence-electron chi connectivity index (χ2n) is 6.14. The van der Waals surface area contributed by atoms with Crippen LogP contribution in [0.2, 0.25) is 5.15 Å². The summed E-state index contributed by atoms with van der Waals surface area (Å²) in [6, 6.07) is 6.71. The van der Waals surface area contributed by atoms with Gasteiger partial charge in [0.1, 0.15) is 11.0 Å². The van der Waals surface area contributed by atoms with E-state index in [1.54, 1.807) is 31.2 Å². The van der Waals surface area contributed by atoms with Crippen LogP contribution in [0.4, 0.5) is 4.79 Å². The average Bonchev–Trinajstić information content (AvgIpc) is 3.36. The number of aromatic nitrogens is 4. The molecule has 2 amide bonds. The number of hydrogen-bond donors (Lipinski definition) is 1. The van der Waals surface area contributed by atoms with Crippen LogP contribution in [0.5, 0.6) is 0 Å². The SMILES string of the molecule is Cc1nc(Sc2nc(Cl)c(/C=C3\SC(=O)N(CC(=O)c4ccc(Br)cc4)C3=O)s2)n[nH]1. The van der Waals surface area contributed by atoms with Crippen LogP contribution >= 0.6 is 62.4 Å². The number of Topliss-reactive ketones (excluding diaryl/α,β-unsaturated/α-hetero) is 1. The summed E-state index contributed by atoms with van der Waals surface area (Å²) in [5.74, 6) is -0.187. The Morgan fingerprint density at radius 2 is 2.03 bits per heavy atom. The first-order valence-electron chi connectivity index (χ1n) is 8.57. The highest BCUT2D eigenvalue weighted by atomic mass is 79.9. The summed E-state index contributed by atoms with van der Waals surface area (Å²) >= 11 is 12.8. The summed E-state index contributed by atoms with van der Waals surface area (Å²) in [5, 5.41) is 6.98. The van der Waals surface area contributed by atoms with Crippen molar-refractivity contribution in [2.75, 3.05) is 6.54 Å². The number of thiazole rings is 1. The molecule has 3 aromatic rings. The van der Waals surface area contributed by atoms with Crippen LogP contribution < -0.4 is 0 Å². The van der Waals surface area contributed by atoms with Gasteiger partial charge in [0, 0.05) is 10.0 Å². The highest BCUT2D eigenvalue weighted by Crippen LogP contribution is 2.38. The van der Waals surface area contributed by atoms with E-state index in [0.717, 1.165) is 21.1 Å². The van der Waals surface area contributed by atoms with E-state index in [9.17, 15) is 14.4 Å². The van der Waals surface area contributed by atoms with Gasteiger partial charge in [0.2, 0.25) is 5.16 Å². The Morgan fingerprint density at radius 1 is 1.29 bits per heavy atom. The van der Waals surface area contributed by atoms with Gasteiger partial charge in [-0.2, -0.15) is 0 Å². The second kappa shape index (κ2) is 9.25. The predicted molar refractivity (Wildman–Crippen MR) is 124 cm³/mol. The number of aryl methyl sites for hydroxylation is 1. The molecule has 1 N–H and O–H groups in total. The number of carbonyl (C=O) groups excluding carboxylic acids is 3. The van der Waals surface area contributed by atoms with E-state index in [1.807, 2.05) is 0 Å². The number of aromatic amines is 1. The maximum absolute atomic E-state index is 12.7. The number of H-pyrrole nitrogens is 1. The summed E-state index contributed by atoms with van der Waals surface area (Å²) in [6.45, 7) is 1.46. The van der Waals surface area contributed by atoms with Gasteiger partial charge < -0.3 is 0 Å². The zero-order valence-electron chi connectivity index (χ0n) is 15.6. The van der Waals surface area contributed by atoms with Gasteiger partial charge in [0.05, 0.1) is 16.3 Å². The molecule has 1 aromatic carbocycles. The van der Waals surface area contributed by atoms with Gasteiger partial charge in [0.25, 0.3) is 11.1 Å². The molecule has 1 saturated heterocycles. The number of amides is 2. The fraction of sp³-hybridized carbons (Fsp3) is 0.111. The van der Waals surface area contributed by atoms with Gasteiger partial charge in [-0.1, -0.05) is 39.7 Å². The van der Waals surface area contributed by atoms with Crippen molar-refractivity contribution in [1.29, 1.82) is 0 Å². The number of halogens is 2. The Balaban J connectivity index is 1.49. The van der Waals surface area contributed by atoms with Crippen molar-refractivity contribution in [3.05, 3.63) is 55.1 Å². The third kappa shape index (κ3) is 5.09. The van der Waals surface area contributed by atoms with Gasteiger partial charge >= 0.3 is 0 Å². The van der Waals surface area contributed by atoms with Crippen molar-refractivity contribution in [2.45, 2.75) is 16.4 Å². The number of nitrogens with zero attached hydrogens (tertiary/aromatic N) is 4. The lowest BCUT2D eigenvalue weighted by Gasteiger charge is -2.11. The average molecular weight is 557 g/mol. The number of hydrogen-bond acceptors (Lipinski definition) is 9. The molecule has 1 aliphatic heterocycles. The molecule has 2 aromatic heterocycles. The standard InChI is InChI=1S/C18H11BrClN5O3S3/c1-8-21-16(24-23-8)31-17-22-14(20)12(29-17)6-13-15(27)25(18(28)30-13)7-11(26)9-2-4-10(19)5-3-9/h2-6H,7H2,1H3,(H,21,23,24)/b13-6-. The van der Waals surface area contributed by atoms with E-state index in [2.05, 4.69) is 36.1 Å². The first-order valence-corrected chi connectivity index (χ1v) is 12.2. The summed E-state index contributed by atoms with van der Waals surface area (Å²) < 4.78 is 1.43. The highest BCUT2D eigenvalue weighted by Gasteiger charge is 2.36. The van der Waals surface area contributed by atoms with Crippen molar-refractivity contribution in [3.8, 4) is 0 Å².